The van der Waals surface area contributed by atoms with Gasteiger partial charge in [0, 0.05) is 13.3 Å². The number of carbonyl (C=O) groups is 3. The van der Waals surface area contributed by atoms with Crippen LogP contribution >= 0.6 is 0 Å². The first kappa shape index (κ1) is 22.5. The molecule has 0 unspecified atom stereocenters. The molecule has 3 N–H and O–H groups in total. The second-order valence-corrected chi connectivity index (χ2v) is 7.28. The summed E-state index contributed by atoms with van der Waals surface area (Å²) in [5, 5.41) is 7.87. The predicted octanol–water partition coefficient (Wildman–Crippen LogP) is 2.92. The first-order valence-corrected chi connectivity index (χ1v) is 9.19. The summed E-state index contributed by atoms with van der Waals surface area (Å²) in [6.07, 6.45) is -3.87. The number of hydrogen-bond acceptors (Lipinski definition) is 5. The molecule has 0 aromatic heterocycles. The summed E-state index contributed by atoms with van der Waals surface area (Å²) >= 11 is 0. The number of rotatable bonds is 7. The number of esters is 1. The smallest absolute Gasteiger partial charge is 0.416 e. The maximum absolute atomic E-state index is 13.0. The SMILES string of the molecule is CC(=O)Nc1cc(C(F)(F)F)ccc1N[C@@H](CC(C)C)C(=O)N[C@H]1CCOC1=O. The van der Waals surface area contributed by atoms with Crippen molar-refractivity contribution in [3.05, 3.63) is 23.8 Å². The average molecular weight is 415 g/mol. The first-order valence-electron chi connectivity index (χ1n) is 9.19. The Morgan fingerprint density at radius 2 is 1.93 bits per heavy atom. The Morgan fingerprint density at radius 3 is 2.45 bits per heavy atom. The fourth-order valence-corrected chi connectivity index (χ4v) is 2.93. The van der Waals surface area contributed by atoms with E-state index in [2.05, 4.69) is 16.0 Å². The maximum atomic E-state index is 13.0. The zero-order valence-corrected chi connectivity index (χ0v) is 16.4. The van der Waals surface area contributed by atoms with Crippen LogP contribution in [0.25, 0.3) is 0 Å². The number of halogens is 3. The summed E-state index contributed by atoms with van der Waals surface area (Å²) in [6.45, 7) is 5.16. The van der Waals surface area contributed by atoms with E-state index >= 15 is 0 Å². The van der Waals surface area contributed by atoms with Crippen LogP contribution in [0.4, 0.5) is 24.5 Å². The summed E-state index contributed by atoms with van der Waals surface area (Å²) in [4.78, 5) is 35.7. The number of amides is 2. The fourth-order valence-electron chi connectivity index (χ4n) is 2.93. The van der Waals surface area contributed by atoms with Crippen molar-refractivity contribution in [2.24, 2.45) is 5.92 Å². The predicted molar refractivity (Wildman–Crippen MR) is 100 cm³/mol. The molecule has 1 aromatic carbocycles. The van der Waals surface area contributed by atoms with Crippen molar-refractivity contribution in [1.29, 1.82) is 0 Å². The molecule has 2 atom stereocenters. The number of anilines is 2. The normalized spacial score (nSPS) is 17.6. The van der Waals surface area contributed by atoms with Crippen LogP contribution in [-0.4, -0.2) is 36.5 Å². The molecule has 1 aromatic rings. The van der Waals surface area contributed by atoms with Gasteiger partial charge >= 0.3 is 12.1 Å². The van der Waals surface area contributed by atoms with Crippen molar-refractivity contribution in [3.8, 4) is 0 Å². The molecule has 0 bridgehead atoms. The molecule has 2 amide bonds. The topological polar surface area (TPSA) is 96.5 Å². The minimum absolute atomic E-state index is 0.0763. The van der Waals surface area contributed by atoms with E-state index in [-0.39, 0.29) is 23.9 Å². The molecule has 160 valence electrons. The van der Waals surface area contributed by atoms with Crippen LogP contribution in [0.1, 0.15) is 39.2 Å². The lowest BCUT2D eigenvalue weighted by Gasteiger charge is -2.24. The van der Waals surface area contributed by atoms with Crippen molar-refractivity contribution in [1.82, 2.24) is 5.32 Å². The van der Waals surface area contributed by atoms with Gasteiger partial charge in [-0.25, -0.2) is 4.79 Å². The second-order valence-electron chi connectivity index (χ2n) is 7.28. The highest BCUT2D eigenvalue weighted by Gasteiger charge is 2.33. The van der Waals surface area contributed by atoms with Gasteiger partial charge in [-0.05, 0) is 30.5 Å². The lowest BCUT2D eigenvalue weighted by atomic mass is 10.0. The van der Waals surface area contributed by atoms with Crippen LogP contribution < -0.4 is 16.0 Å². The van der Waals surface area contributed by atoms with Gasteiger partial charge in [0.05, 0.1) is 23.5 Å². The summed E-state index contributed by atoms with van der Waals surface area (Å²) in [5.41, 5.74) is -0.845. The van der Waals surface area contributed by atoms with Crippen molar-refractivity contribution in [2.75, 3.05) is 17.2 Å². The average Bonchev–Trinajstić information content (AvgIpc) is 2.98. The summed E-state index contributed by atoms with van der Waals surface area (Å²) < 4.78 is 43.9. The van der Waals surface area contributed by atoms with Crippen LogP contribution in [0.2, 0.25) is 0 Å². The van der Waals surface area contributed by atoms with Gasteiger partial charge in [-0.1, -0.05) is 13.8 Å². The lowest BCUT2D eigenvalue weighted by Crippen LogP contribution is -2.46. The van der Waals surface area contributed by atoms with Crippen LogP contribution in [0.15, 0.2) is 18.2 Å². The Bertz CT molecular complexity index is 780. The maximum Gasteiger partial charge on any atom is 0.416 e. The second kappa shape index (κ2) is 9.15. The van der Waals surface area contributed by atoms with Gasteiger partial charge in [0.1, 0.15) is 12.1 Å². The summed E-state index contributed by atoms with van der Waals surface area (Å²) in [5.74, 6) is -1.47. The molecule has 0 spiro atoms. The van der Waals surface area contributed by atoms with Crippen LogP contribution in [-0.2, 0) is 25.3 Å². The number of carbonyl (C=O) groups excluding carboxylic acids is 3. The molecule has 0 radical (unpaired) electrons. The molecular weight excluding hydrogens is 391 g/mol. The van der Waals surface area contributed by atoms with Crippen molar-refractivity contribution < 1.29 is 32.3 Å². The van der Waals surface area contributed by atoms with E-state index in [9.17, 15) is 27.6 Å². The van der Waals surface area contributed by atoms with Crippen LogP contribution in [0, 0.1) is 5.92 Å². The van der Waals surface area contributed by atoms with E-state index in [1.165, 1.54) is 13.0 Å². The largest absolute Gasteiger partial charge is 0.464 e. The van der Waals surface area contributed by atoms with Crippen molar-refractivity contribution in [3.63, 3.8) is 0 Å². The number of ether oxygens (including phenoxy) is 1. The fraction of sp³-hybridized carbons (Fsp3) is 0.526. The van der Waals surface area contributed by atoms with Gasteiger partial charge in [0.2, 0.25) is 11.8 Å². The summed E-state index contributed by atoms with van der Waals surface area (Å²) in [6, 6.07) is 1.27. The highest BCUT2D eigenvalue weighted by molar-refractivity contribution is 5.95. The molecule has 10 heteroatoms. The number of nitrogens with one attached hydrogen (secondary N) is 3. The lowest BCUT2D eigenvalue weighted by molar-refractivity contribution is -0.141. The number of hydrogen-bond donors (Lipinski definition) is 3. The molecular formula is C19H24F3N3O4. The van der Waals surface area contributed by atoms with Crippen molar-refractivity contribution in [2.45, 2.75) is 51.9 Å². The van der Waals surface area contributed by atoms with Gasteiger partial charge in [0.25, 0.3) is 0 Å². The molecule has 0 saturated carbocycles. The highest BCUT2D eigenvalue weighted by atomic mass is 19.4. The van der Waals surface area contributed by atoms with Crippen LogP contribution in [0.5, 0.6) is 0 Å². The minimum atomic E-state index is -4.58. The Labute approximate surface area is 166 Å². The van der Waals surface area contributed by atoms with Gasteiger partial charge in [-0.15, -0.1) is 0 Å². The molecule has 1 aliphatic heterocycles. The molecule has 1 saturated heterocycles. The Kier molecular flexibility index (Phi) is 7.10. The molecule has 1 heterocycles. The number of alkyl halides is 3. The molecule has 1 fully saturated rings. The Balaban J connectivity index is 2.27. The zero-order valence-electron chi connectivity index (χ0n) is 16.4. The van der Waals surface area contributed by atoms with E-state index in [0.717, 1.165) is 12.1 Å². The van der Waals surface area contributed by atoms with Gasteiger partial charge < -0.3 is 20.7 Å². The standard InChI is InChI=1S/C19H24F3N3O4/c1-10(2)8-16(17(27)25-14-6-7-29-18(14)28)24-13-5-4-12(19(20,21)22)9-15(13)23-11(3)26/h4-5,9-10,14,16,24H,6-8H2,1-3H3,(H,23,26)(H,25,27)/t14-,16-/m0/s1. The van der Waals surface area contributed by atoms with Gasteiger partial charge in [-0.2, -0.15) is 13.2 Å². The molecule has 0 aliphatic carbocycles. The van der Waals surface area contributed by atoms with E-state index < -0.39 is 41.6 Å². The number of cyclic esters (lactones) is 1. The monoisotopic (exact) mass is 415 g/mol. The Morgan fingerprint density at radius 1 is 1.24 bits per heavy atom. The third-order valence-corrected chi connectivity index (χ3v) is 4.26. The van der Waals surface area contributed by atoms with E-state index in [1.807, 2.05) is 13.8 Å². The molecule has 29 heavy (non-hydrogen) atoms. The highest BCUT2D eigenvalue weighted by Crippen LogP contribution is 2.34. The molecule has 1 aliphatic rings. The van der Waals surface area contributed by atoms with E-state index in [4.69, 9.17) is 4.74 Å². The van der Waals surface area contributed by atoms with E-state index in [1.54, 1.807) is 0 Å². The Hall–Kier alpha value is -2.78. The van der Waals surface area contributed by atoms with Crippen LogP contribution in [0.3, 0.4) is 0 Å². The van der Waals surface area contributed by atoms with Gasteiger partial charge in [-0.3, -0.25) is 9.59 Å². The third-order valence-electron chi connectivity index (χ3n) is 4.26. The third kappa shape index (κ3) is 6.37. The summed E-state index contributed by atoms with van der Waals surface area (Å²) in [7, 11) is 0. The molecule has 7 nitrogen and oxygen atoms in total. The minimum Gasteiger partial charge on any atom is -0.464 e. The zero-order chi connectivity index (χ0) is 21.8. The quantitative estimate of drug-likeness (QED) is 0.595. The van der Waals surface area contributed by atoms with E-state index in [0.29, 0.717) is 12.8 Å². The van der Waals surface area contributed by atoms with Crippen molar-refractivity contribution >= 4 is 29.2 Å². The first-order chi connectivity index (χ1) is 13.5. The number of benzene rings is 1. The van der Waals surface area contributed by atoms with Gasteiger partial charge in [0.15, 0.2) is 0 Å². The molecule has 2 rings (SSSR count).